The molecule has 22 heavy (non-hydrogen) atoms. The molecule has 3 N–H and O–H groups in total. The molecule has 116 valence electrons. The van der Waals surface area contributed by atoms with Gasteiger partial charge >= 0.3 is 0 Å². The van der Waals surface area contributed by atoms with E-state index < -0.39 is 23.7 Å². The van der Waals surface area contributed by atoms with E-state index in [9.17, 15) is 15.3 Å². The molecule has 5 nitrogen and oxygen atoms in total. The molecular weight excluding hydrogens is 302 g/mol. The SMILES string of the molecule is O[C@@H]1[C@@H](O)[C@H](Oc2cccc(-c3ccccn3)c2)SC[C@H]1O. The van der Waals surface area contributed by atoms with E-state index in [0.29, 0.717) is 11.5 Å². The highest BCUT2D eigenvalue weighted by Gasteiger charge is 2.38. The van der Waals surface area contributed by atoms with E-state index >= 15 is 0 Å². The lowest BCUT2D eigenvalue weighted by atomic mass is 10.1. The molecule has 0 aliphatic carbocycles. The van der Waals surface area contributed by atoms with Gasteiger partial charge in [-0.25, -0.2) is 0 Å². The third-order valence-electron chi connectivity index (χ3n) is 3.50. The zero-order valence-electron chi connectivity index (χ0n) is 11.7. The first-order valence-corrected chi connectivity index (χ1v) is 8.04. The van der Waals surface area contributed by atoms with Gasteiger partial charge in [0, 0.05) is 17.5 Å². The zero-order chi connectivity index (χ0) is 15.5. The number of thioether (sulfide) groups is 1. The van der Waals surface area contributed by atoms with E-state index in [-0.39, 0.29) is 0 Å². The molecule has 0 radical (unpaired) electrons. The number of pyridine rings is 1. The van der Waals surface area contributed by atoms with Gasteiger partial charge in [0.05, 0.1) is 11.8 Å². The number of rotatable bonds is 3. The second kappa shape index (κ2) is 6.66. The van der Waals surface area contributed by atoms with Crippen LogP contribution in [0.5, 0.6) is 5.75 Å². The summed E-state index contributed by atoms with van der Waals surface area (Å²) in [4.78, 5) is 4.29. The minimum atomic E-state index is -1.19. The number of hydrogen-bond acceptors (Lipinski definition) is 6. The Hall–Kier alpha value is -1.60. The first kappa shape index (κ1) is 15.3. The van der Waals surface area contributed by atoms with Gasteiger partial charge in [0.25, 0.3) is 0 Å². The second-order valence-electron chi connectivity index (χ2n) is 5.11. The van der Waals surface area contributed by atoms with Gasteiger partial charge in [0.2, 0.25) is 0 Å². The van der Waals surface area contributed by atoms with Crippen molar-refractivity contribution in [3.63, 3.8) is 0 Å². The second-order valence-corrected chi connectivity index (χ2v) is 6.24. The van der Waals surface area contributed by atoms with Gasteiger partial charge in [-0.1, -0.05) is 18.2 Å². The van der Waals surface area contributed by atoms with Gasteiger partial charge in [-0.05, 0) is 24.3 Å². The number of aromatic nitrogens is 1. The number of nitrogens with zero attached hydrogens (tertiary/aromatic N) is 1. The first-order chi connectivity index (χ1) is 10.6. The van der Waals surface area contributed by atoms with Crippen LogP contribution in [-0.2, 0) is 0 Å². The number of aliphatic hydroxyl groups is 3. The van der Waals surface area contributed by atoms with Gasteiger partial charge < -0.3 is 20.1 Å². The maximum Gasteiger partial charge on any atom is 0.173 e. The number of hydrogen-bond donors (Lipinski definition) is 3. The summed E-state index contributed by atoms with van der Waals surface area (Å²) in [5, 5.41) is 29.2. The van der Waals surface area contributed by atoms with E-state index in [4.69, 9.17) is 4.74 Å². The Bertz CT molecular complexity index is 625. The van der Waals surface area contributed by atoms with Crippen LogP contribution in [0.1, 0.15) is 0 Å². The zero-order valence-corrected chi connectivity index (χ0v) is 12.6. The van der Waals surface area contributed by atoms with Crippen LogP contribution < -0.4 is 4.74 Å². The molecule has 0 saturated carbocycles. The highest BCUT2D eigenvalue weighted by molar-refractivity contribution is 7.99. The minimum absolute atomic E-state index is 0.322. The lowest BCUT2D eigenvalue weighted by Gasteiger charge is -2.34. The first-order valence-electron chi connectivity index (χ1n) is 6.99. The van der Waals surface area contributed by atoms with Crippen molar-refractivity contribution in [2.24, 2.45) is 0 Å². The number of ether oxygens (including phenoxy) is 1. The van der Waals surface area contributed by atoms with Crippen LogP contribution in [0.3, 0.4) is 0 Å². The quantitative estimate of drug-likeness (QED) is 0.791. The Labute approximate surface area is 132 Å². The van der Waals surface area contributed by atoms with Gasteiger partial charge in [0.15, 0.2) is 5.44 Å². The number of aliphatic hydroxyl groups excluding tert-OH is 3. The molecule has 0 spiro atoms. The van der Waals surface area contributed by atoms with Gasteiger partial charge in [-0.15, -0.1) is 11.8 Å². The molecule has 1 aromatic carbocycles. The Morgan fingerprint density at radius 3 is 2.68 bits per heavy atom. The van der Waals surface area contributed by atoms with Crippen LogP contribution in [0.25, 0.3) is 11.3 Å². The van der Waals surface area contributed by atoms with Crippen LogP contribution in [0, 0.1) is 0 Å². The van der Waals surface area contributed by atoms with Crippen molar-refractivity contribution in [1.82, 2.24) is 4.98 Å². The Morgan fingerprint density at radius 1 is 1.05 bits per heavy atom. The molecule has 6 heteroatoms. The van der Waals surface area contributed by atoms with Crippen LogP contribution >= 0.6 is 11.8 Å². The Balaban J connectivity index is 1.76. The van der Waals surface area contributed by atoms with E-state index in [1.165, 1.54) is 11.8 Å². The predicted molar refractivity (Wildman–Crippen MR) is 84.6 cm³/mol. The van der Waals surface area contributed by atoms with E-state index in [1.807, 2.05) is 36.4 Å². The molecule has 1 aromatic heterocycles. The molecule has 1 aliphatic heterocycles. The summed E-state index contributed by atoms with van der Waals surface area (Å²) in [5.74, 6) is 0.909. The Kier molecular flexibility index (Phi) is 4.63. The molecule has 2 heterocycles. The van der Waals surface area contributed by atoms with Crippen LogP contribution in [-0.4, -0.2) is 49.8 Å². The maximum atomic E-state index is 9.99. The van der Waals surface area contributed by atoms with E-state index in [1.54, 1.807) is 12.3 Å². The van der Waals surface area contributed by atoms with Crippen molar-refractivity contribution in [1.29, 1.82) is 0 Å². The fourth-order valence-corrected chi connectivity index (χ4v) is 3.40. The molecule has 2 aromatic rings. The largest absolute Gasteiger partial charge is 0.477 e. The van der Waals surface area contributed by atoms with Crippen molar-refractivity contribution in [3.8, 4) is 17.0 Å². The molecule has 1 aliphatic rings. The van der Waals surface area contributed by atoms with E-state index in [2.05, 4.69) is 4.98 Å². The fourth-order valence-electron chi connectivity index (χ4n) is 2.28. The third kappa shape index (κ3) is 3.25. The summed E-state index contributed by atoms with van der Waals surface area (Å²) in [6, 6.07) is 13.1. The molecule has 4 atom stereocenters. The highest BCUT2D eigenvalue weighted by Crippen LogP contribution is 2.30. The summed E-state index contributed by atoms with van der Waals surface area (Å²) >= 11 is 1.28. The van der Waals surface area contributed by atoms with Crippen LogP contribution in [0.4, 0.5) is 0 Å². The highest BCUT2D eigenvalue weighted by atomic mass is 32.2. The Morgan fingerprint density at radius 2 is 1.91 bits per heavy atom. The fraction of sp³-hybridized carbons (Fsp3) is 0.312. The summed E-state index contributed by atoms with van der Waals surface area (Å²) in [7, 11) is 0. The van der Waals surface area contributed by atoms with Crippen molar-refractivity contribution >= 4 is 11.8 Å². The summed E-state index contributed by atoms with van der Waals surface area (Å²) in [6.07, 6.45) is -1.53. The standard InChI is InChI=1S/C16H17NO4S/c18-13-9-22-16(15(20)14(13)19)21-11-5-3-4-10(8-11)12-6-1-2-7-17-12/h1-8,13-16,18-20H,9H2/t13-,14+,15-,16-/m1/s1. The third-order valence-corrected chi connectivity index (χ3v) is 4.74. The average Bonchev–Trinajstić information content (AvgIpc) is 2.57. The van der Waals surface area contributed by atoms with Crippen molar-refractivity contribution < 1.29 is 20.1 Å². The molecule has 1 fully saturated rings. The topological polar surface area (TPSA) is 82.8 Å². The van der Waals surface area contributed by atoms with E-state index in [0.717, 1.165) is 11.3 Å². The van der Waals surface area contributed by atoms with Crippen LogP contribution in [0.2, 0.25) is 0 Å². The maximum absolute atomic E-state index is 9.99. The predicted octanol–water partition coefficient (Wildman–Crippen LogP) is 1.28. The van der Waals surface area contributed by atoms with Crippen molar-refractivity contribution in [3.05, 3.63) is 48.7 Å². The summed E-state index contributed by atoms with van der Waals surface area (Å²) in [5.41, 5.74) is 1.13. The van der Waals surface area contributed by atoms with Crippen molar-refractivity contribution in [2.75, 3.05) is 5.75 Å². The molecule has 0 bridgehead atoms. The summed E-state index contributed by atoms with van der Waals surface area (Å²) < 4.78 is 5.76. The van der Waals surface area contributed by atoms with Gasteiger partial charge in [-0.2, -0.15) is 0 Å². The molecule has 0 unspecified atom stereocenters. The van der Waals surface area contributed by atoms with Gasteiger partial charge in [0.1, 0.15) is 18.0 Å². The molecule has 1 saturated heterocycles. The number of benzene rings is 1. The monoisotopic (exact) mass is 319 g/mol. The lowest BCUT2D eigenvalue weighted by Crippen LogP contribution is -2.50. The van der Waals surface area contributed by atoms with Crippen LogP contribution in [0.15, 0.2) is 48.7 Å². The average molecular weight is 319 g/mol. The van der Waals surface area contributed by atoms with Gasteiger partial charge in [-0.3, -0.25) is 4.98 Å². The molecule has 3 rings (SSSR count). The minimum Gasteiger partial charge on any atom is -0.477 e. The normalized spacial score (nSPS) is 28.3. The lowest BCUT2D eigenvalue weighted by molar-refractivity contribution is -0.0786. The smallest absolute Gasteiger partial charge is 0.173 e. The molecular formula is C16H17NO4S. The summed E-state index contributed by atoms with van der Waals surface area (Å²) in [6.45, 7) is 0. The van der Waals surface area contributed by atoms with Crippen molar-refractivity contribution in [2.45, 2.75) is 23.7 Å². The molecule has 0 amide bonds.